The maximum atomic E-state index is 12.0. The minimum atomic E-state index is 0.101. The molecule has 0 saturated carbocycles. The summed E-state index contributed by atoms with van der Waals surface area (Å²) in [5.41, 5.74) is 0. The van der Waals surface area contributed by atoms with Gasteiger partial charge in [0.2, 0.25) is 0 Å². The third-order valence-electron chi connectivity index (χ3n) is 2.89. The first kappa shape index (κ1) is 13.3. The van der Waals surface area contributed by atoms with Crippen molar-refractivity contribution in [3.05, 3.63) is 0 Å². The summed E-state index contributed by atoms with van der Waals surface area (Å²) in [5.74, 6) is 0. The van der Waals surface area contributed by atoms with Gasteiger partial charge in [-0.05, 0) is 46.2 Å². The van der Waals surface area contributed by atoms with Crippen molar-refractivity contribution in [1.82, 2.24) is 15.5 Å². The molecule has 4 heteroatoms. The van der Waals surface area contributed by atoms with Gasteiger partial charge in [-0.1, -0.05) is 6.92 Å². The van der Waals surface area contributed by atoms with E-state index in [1.165, 1.54) is 0 Å². The Morgan fingerprint density at radius 2 is 2.06 bits per heavy atom. The number of urea groups is 1. The van der Waals surface area contributed by atoms with E-state index < -0.39 is 0 Å². The van der Waals surface area contributed by atoms with Crippen LogP contribution in [0.1, 0.15) is 40.0 Å². The molecule has 0 bridgehead atoms. The summed E-state index contributed by atoms with van der Waals surface area (Å²) in [6, 6.07) is 0.734. The molecule has 0 unspecified atom stereocenters. The molecule has 1 saturated heterocycles. The van der Waals surface area contributed by atoms with Crippen molar-refractivity contribution in [2.75, 3.05) is 19.6 Å². The second-order valence-electron chi connectivity index (χ2n) is 4.78. The molecule has 0 aromatic carbocycles. The fourth-order valence-electron chi connectivity index (χ4n) is 2.14. The van der Waals surface area contributed by atoms with Crippen LogP contribution in [0.5, 0.6) is 0 Å². The van der Waals surface area contributed by atoms with Gasteiger partial charge < -0.3 is 15.5 Å². The predicted octanol–water partition coefficient (Wildman–Crippen LogP) is 1.57. The van der Waals surface area contributed by atoms with Crippen molar-refractivity contribution < 1.29 is 4.79 Å². The van der Waals surface area contributed by atoms with E-state index >= 15 is 0 Å². The SMILES string of the molecule is CCCN(C(=O)NC(C)C)C1CCNCC1. The number of hydrogen-bond donors (Lipinski definition) is 2. The van der Waals surface area contributed by atoms with Gasteiger partial charge in [-0.2, -0.15) is 0 Å². The lowest BCUT2D eigenvalue weighted by Gasteiger charge is -2.35. The average molecular weight is 227 g/mol. The van der Waals surface area contributed by atoms with E-state index in [2.05, 4.69) is 17.6 Å². The number of hydrogen-bond acceptors (Lipinski definition) is 2. The van der Waals surface area contributed by atoms with Crippen LogP contribution in [0.15, 0.2) is 0 Å². The average Bonchev–Trinajstić information content (AvgIpc) is 2.26. The summed E-state index contributed by atoms with van der Waals surface area (Å²) >= 11 is 0. The number of nitrogens with zero attached hydrogens (tertiary/aromatic N) is 1. The van der Waals surface area contributed by atoms with Crippen LogP contribution in [0.3, 0.4) is 0 Å². The Morgan fingerprint density at radius 1 is 1.44 bits per heavy atom. The van der Waals surface area contributed by atoms with E-state index in [0.29, 0.717) is 6.04 Å². The monoisotopic (exact) mass is 227 g/mol. The largest absolute Gasteiger partial charge is 0.336 e. The second kappa shape index (κ2) is 6.74. The molecule has 1 rings (SSSR count). The summed E-state index contributed by atoms with van der Waals surface area (Å²) < 4.78 is 0. The van der Waals surface area contributed by atoms with Gasteiger partial charge in [-0.3, -0.25) is 0 Å². The highest BCUT2D eigenvalue weighted by molar-refractivity contribution is 5.74. The highest BCUT2D eigenvalue weighted by atomic mass is 16.2. The zero-order chi connectivity index (χ0) is 12.0. The third kappa shape index (κ3) is 4.00. The van der Waals surface area contributed by atoms with Crippen LogP contribution in [0.4, 0.5) is 4.79 Å². The smallest absolute Gasteiger partial charge is 0.317 e. The number of piperidine rings is 1. The van der Waals surface area contributed by atoms with Gasteiger partial charge in [0.15, 0.2) is 0 Å². The van der Waals surface area contributed by atoms with E-state index in [4.69, 9.17) is 0 Å². The van der Waals surface area contributed by atoms with E-state index in [1.807, 2.05) is 18.7 Å². The van der Waals surface area contributed by atoms with Gasteiger partial charge >= 0.3 is 6.03 Å². The molecule has 0 radical (unpaired) electrons. The Bertz CT molecular complexity index is 212. The molecule has 0 aliphatic carbocycles. The zero-order valence-corrected chi connectivity index (χ0v) is 10.8. The highest BCUT2D eigenvalue weighted by Gasteiger charge is 2.24. The fraction of sp³-hybridized carbons (Fsp3) is 0.917. The molecule has 2 amide bonds. The molecule has 16 heavy (non-hydrogen) atoms. The van der Waals surface area contributed by atoms with Crippen LogP contribution in [0.2, 0.25) is 0 Å². The molecular weight excluding hydrogens is 202 g/mol. The molecule has 0 aromatic rings. The lowest BCUT2D eigenvalue weighted by molar-refractivity contribution is 0.157. The van der Waals surface area contributed by atoms with E-state index in [9.17, 15) is 4.79 Å². The van der Waals surface area contributed by atoms with Crippen molar-refractivity contribution in [2.24, 2.45) is 0 Å². The van der Waals surface area contributed by atoms with Crippen molar-refractivity contribution >= 4 is 6.03 Å². The first-order chi connectivity index (χ1) is 7.65. The molecule has 4 nitrogen and oxygen atoms in total. The number of carbonyl (C=O) groups excluding carboxylic acids is 1. The Labute approximate surface area is 98.8 Å². The van der Waals surface area contributed by atoms with Crippen LogP contribution >= 0.6 is 0 Å². The number of nitrogens with one attached hydrogen (secondary N) is 2. The lowest BCUT2D eigenvalue weighted by Crippen LogP contribution is -2.51. The van der Waals surface area contributed by atoms with Gasteiger partial charge in [-0.25, -0.2) is 4.79 Å². The first-order valence-corrected chi connectivity index (χ1v) is 6.43. The molecule has 2 N–H and O–H groups in total. The van der Waals surface area contributed by atoms with Gasteiger partial charge in [-0.15, -0.1) is 0 Å². The van der Waals surface area contributed by atoms with Crippen LogP contribution in [0, 0.1) is 0 Å². The summed E-state index contributed by atoms with van der Waals surface area (Å²) in [6.45, 7) is 9.05. The van der Waals surface area contributed by atoms with Crippen molar-refractivity contribution in [2.45, 2.75) is 52.1 Å². The Hall–Kier alpha value is -0.770. The van der Waals surface area contributed by atoms with Crippen LogP contribution in [-0.2, 0) is 0 Å². The normalized spacial score (nSPS) is 17.5. The van der Waals surface area contributed by atoms with E-state index in [1.54, 1.807) is 0 Å². The van der Waals surface area contributed by atoms with Crippen LogP contribution < -0.4 is 10.6 Å². The van der Waals surface area contributed by atoms with Crippen LogP contribution in [-0.4, -0.2) is 42.6 Å². The zero-order valence-electron chi connectivity index (χ0n) is 10.8. The lowest BCUT2D eigenvalue weighted by atomic mass is 10.0. The number of carbonyl (C=O) groups is 1. The second-order valence-corrected chi connectivity index (χ2v) is 4.78. The molecule has 1 heterocycles. The minimum Gasteiger partial charge on any atom is -0.336 e. The van der Waals surface area contributed by atoms with Gasteiger partial charge in [0, 0.05) is 18.6 Å². The third-order valence-corrected chi connectivity index (χ3v) is 2.89. The molecule has 1 aliphatic heterocycles. The fourth-order valence-corrected chi connectivity index (χ4v) is 2.14. The van der Waals surface area contributed by atoms with Crippen molar-refractivity contribution in [3.63, 3.8) is 0 Å². The van der Waals surface area contributed by atoms with Crippen LogP contribution in [0.25, 0.3) is 0 Å². The molecule has 0 aromatic heterocycles. The van der Waals surface area contributed by atoms with Gasteiger partial charge in [0.25, 0.3) is 0 Å². The van der Waals surface area contributed by atoms with E-state index in [0.717, 1.165) is 38.9 Å². The Kier molecular flexibility index (Phi) is 5.60. The number of rotatable bonds is 4. The highest BCUT2D eigenvalue weighted by Crippen LogP contribution is 2.12. The topological polar surface area (TPSA) is 44.4 Å². The molecule has 1 aliphatic rings. The summed E-state index contributed by atoms with van der Waals surface area (Å²) in [4.78, 5) is 14.1. The minimum absolute atomic E-state index is 0.101. The Morgan fingerprint density at radius 3 is 2.56 bits per heavy atom. The van der Waals surface area contributed by atoms with E-state index in [-0.39, 0.29) is 12.1 Å². The van der Waals surface area contributed by atoms with Gasteiger partial charge in [0.1, 0.15) is 0 Å². The molecule has 0 atom stereocenters. The molecular formula is C12H25N3O. The molecule has 1 fully saturated rings. The standard InChI is InChI=1S/C12H25N3O/c1-4-9-15(12(16)14-10(2)3)11-5-7-13-8-6-11/h10-11,13H,4-9H2,1-3H3,(H,14,16). The maximum Gasteiger partial charge on any atom is 0.317 e. The maximum absolute atomic E-state index is 12.0. The first-order valence-electron chi connectivity index (χ1n) is 6.43. The van der Waals surface area contributed by atoms with Crippen molar-refractivity contribution in [3.8, 4) is 0 Å². The quantitative estimate of drug-likeness (QED) is 0.765. The van der Waals surface area contributed by atoms with Crippen molar-refractivity contribution in [1.29, 1.82) is 0 Å². The molecule has 94 valence electrons. The summed E-state index contributed by atoms with van der Waals surface area (Å²) in [7, 11) is 0. The predicted molar refractivity (Wildman–Crippen MR) is 66.6 cm³/mol. The number of amides is 2. The van der Waals surface area contributed by atoms with Gasteiger partial charge in [0.05, 0.1) is 0 Å². The summed E-state index contributed by atoms with van der Waals surface area (Å²) in [5, 5.41) is 6.32. The summed E-state index contributed by atoms with van der Waals surface area (Å²) in [6.07, 6.45) is 3.17. The molecule has 0 spiro atoms. The Balaban J connectivity index is 2.53.